The van der Waals surface area contributed by atoms with Crippen LogP contribution in [0.4, 0.5) is 5.69 Å². The molecule has 0 atom stereocenters. The van der Waals surface area contributed by atoms with Crippen LogP contribution in [0, 0.1) is 0 Å². The number of anilines is 1. The molecular formula is C19H30N2O4S. The first kappa shape index (κ1) is 20.6. The van der Waals surface area contributed by atoms with E-state index in [-0.39, 0.29) is 25.0 Å². The van der Waals surface area contributed by atoms with Crippen LogP contribution in [-0.4, -0.2) is 51.2 Å². The first-order valence-electron chi connectivity index (χ1n) is 9.30. The molecule has 2 rings (SSSR count). The van der Waals surface area contributed by atoms with Gasteiger partial charge in [0.2, 0.25) is 15.9 Å². The Morgan fingerprint density at radius 3 is 2.35 bits per heavy atom. The van der Waals surface area contributed by atoms with E-state index >= 15 is 0 Å². The van der Waals surface area contributed by atoms with Crippen molar-refractivity contribution in [3.8, 4) is 5.75 Å². The number of carbonyl (C=O) groups excluding carboxylic acids is 1. The third-order valence-corrected chi connectivity index (χ3v) is 5.56. The van der Waals surface area contributed by atoms with Gasteiger partial charge < -0.3 is 9.64 Å². The van der Waals surface area contributed by atoms with Crippen molar-refractivity contribution in [1.29, 1.82) is 0 Å². The highest BCUT2D eigenvalue weighted by atomic mass is 32.2. The summed E-state index contributed by atoms with van der Waals surface area (Å²) in [6.45, 7) is 5.44. The molecule has 0 aliphatic carbocycles. The van der Waals surface area contributed by atoms with Crippen molar-refractivity contribution in [2.24, 2.45) is 0 Å². The molecule has 0 aromatic heterocycles. The van der Waals surface area contributed by atoms with Crippen molar-refractivity contribution in [3.05, 3.63) is 24.3 Å². The Balaban J connectivity index is 2.15. The van der Waals surface area contributed by atoms with E-state index in [1.165, 1.54) is 4.31 Å². The second kappa shape index (κ2) is 9.26. The van der Waals surface area contributed by atoms with Gasteiger partial charge in [-0.1, -0.05) is 25.0 Å². The van der Waals surface area contributed by atoms with Crippen molar-refractivity contribution in [3.63, 3.8) is 0 Å². The minimum atomic E-state index is -3.53. The van der Waals surface area contributed by atoms with Crippen LogP contribution in [0.5, 0.6) is 5.75 Å². The summed E-state index contributed by atoms with van der Waals surface area (Å²) in [5, 5.41) is 0. The number of benzene rings is 1. The van der Waals surface area contributed by atoms with Crippen LogP contribution in [0.25, 0.3) is 0 Å². The normalized spacial score (nSPS) is 15.6. The minimum absolute atomic E-state index is 0.0165. The number of carbonyl (C=O) groups is 1. The van der Waals surface area contributed by atoms with E-state index in [0.717, 1.165) is 45.0 Å². The highest BCUT2D eigenvalue weighted by Gasteiger charge is 2.24. The Labute approximate surface area is 157 Å². The maximum Gasteiger partial charge on any atom is 0.232 e. The third-order valence-electron chi connectivity index (χ3n) is 4.38. The molecule has 0 N–H and O–H groups in total. The molecule has 1 fully saturated rings. The molecule has 6 nitrogen and oxygen atoms in total. The van der Waals surface area contributed by atoms with Gasteiger partial charge in [0.15, 0.2) is 0 Å². The summed E-state index contributed by atoms with van der Waals surface area (Å²) < 4.78 is 31.8. The molecule has 1 aromatic rings. The maximum absolute atomic E-state index is 12.5. The summed E-state index contributed by atoms with van der Waals surface area (Å²) in [6, 6.07) is 7.06. The summed E-state index contributed by atoms with van der Waals surface area (Å²) in [4.78, 5) is 14.4. The van der Waals surface area contributed by atoms with Crippen molar-refractivity contribution in [2.75, 3.05) is 30.2 Å². The van der Waals surface area contributed by atoms with Crippen LogP contribution in [0.1, 0.15) is 46.0 Å². The fourth-order valence-electron chi connectivity index (χ4n) is 3.16. The highest BCUT2D eigenvalue weighted by molar-refractivity contribution is 7.92. The number of hydrogen-bond acceptors (Lipinski definition) is 4. The average molecular weight is 383 g/mol. The fourth-order valence-corrected chi connectivity index (χ4v) is 4.09. The van der Waals surface area contributed by atoms with Crippen LogP contribution in [0.3, 0.4) is 0 Å². The number of sulfonamides is 1. The van der Waals surface area contributed by atoms with Crippen molar-refractivity contribution < 1.29 is 17.9 Å². The summed E-state index contributed by atoms with van der Waals surface area (Å²) in [5.74, 6) is 0.526. The van der Waals surface area contributed by atoms with Gasteiger partial charge in [0.1, 0.15) is 5.75 Å². The molecule has 1 aliphatic heterocycles. The van der Waals surface area contributed by atoms with Crippen molar-refractivity contribution in [1.82, 2.24) is 4.90 Å². The molecule has 0 bridgehead atoms. The number of likely N-dealkylation sites (tertiary alicyclic amines) is 1. The number of ether oxygens (including phenoxy) is 1. The zero-order valence-corrected chi connectivity index (χ0v) is 16.8. The van der Waals surface area contributed by atoms with E-state index < -0.39 is 10.0 Å². The minimum Gasteiger partial charge on any atom is -0.489 e. The zero-order valence-electron chi connectivity index (χ0n) is 16.0. The molecular weight excluding hydrogens is 352 g/mol. The van der Waals surface area contributed by atoms with Crippen LogP contribution < -0.4 is 9.04 Å². The molecule has 26 heavy (non-hydrogen) atoms. The predicted octanol–water partition coefficient (Wildman–Crippen LogP) is 3.03. The molecule has 0 unspecified atom stereocenters. The largest absolute Gasteiger partial charge is 0.489 e. The molecule has 146 valence electrons. The molecule has 0 saturated carbocycles. The number of hydrogen-bond donors (Lipinski definition) is 0. The lowest BCUT2D eigenvalue weighted by Gasteiger charge is -2.27. The van der Waals surface area contributed by atoms with Gasteiger partial charge in [-0.2, -0.15) is 0 Å². The van der Waals surface area contributed by atoms with E-state index in [9.17, 15) is 13.2 Å². The van der Waals surface area contributed by atoms with Gasteiger partial charge in [0.05, 0.1) is 18.0 Å². The Hall–Kier alpha value is -1.76. The van der Waals surface area contributed by atoms with E-state index in [2.05, 4.69) is 0 Å². The van der Waals surface area contributed by atoms with Crippen LogP contribution in [0.2, 0.25) is 0 Å². The molecule has 1 heterocycles. The Morgan fingerprint density at radius 2 is 1.77 bits per heavy atom. The van der Waals surface area contributed by atoms with Crippen molar-refractivity contribution in [2.45, 2.75) is 52.1 Å². The van der Waals surface area contributed by atoms with Crippen LogP contribution >= 0.6 is 0 Å². The number of amides is 1. The van der Waals surface area contributed by atoms with E-state index in [4.69, 9.17) is 4.74 Å². The summed E-state index contributed by atoms with van der Waals surface area (Å²) in [7, 11) is -3.53. The number of nitrogens with zero attached hydrogens (tertiary/aromatic N) is 2. The van der Waals surface area contributed by atoms with E-state index in [1.54, 1.807) is 18.2 Å². The van der Waals surface area contributed by atoms with Gasteiger partial charge in [-0.25, -0.2) is 8.42 Å². The Kier molecular flexibility index (Phi) is 7.32. The molecule has 0 radical (unpaired) electrons. The number of para-hydroxylation sites is 2. The molecule has 1 amide bonds. The van der Waals surface area contributed by atoms with Crippen molar-refractivity contribution >= 4 is 21.6 Å². The lowest BCUT2D eigenvalue weighted by atomic mass is 10.2. The summed E-state index contributed by atoms with van der Waals surface area (Å²) >= 11 is 0. The average Bonchev–Trinajstić information content (AvgIpc) is 2.84. The second-order valence-electron chi connectivity index (χ2n) is 7.01. The van der Waals surface area contributed by atoms with Gasteiger partial charge in [0, 0.05) is 26.1 Å². The topological polar surface area (TPSA) is 66.9 Å². The smallest absolute Gasteiger partial charge is 0.232 e. The lowest BCUT2D eigenvalue weighted by Crippen LogP contribution is -2.37. The monoisotopic (exact) mass is 382 g/mol. The highest BCUT2D eigenvalue weighted by Crippen LogP contribution is 2.31. The predicted molar refractivity (Wildman–Crippen MR) is 104 cm³/mol. The van der Waals surface area contributed by atoms with E-state index in [1.807, 2.05) is 24.8 Å². The first-order chi connectivity index (χ1) is 12.3. The molecule has 1 aliphatic rings. The third kappa shape index (κ3) is 5.90. The molecule has 1 saturated heterocycles. The molecule has 0 spiro atoms. The van der Waals surface area contributed by atoms with Crippen LogP contribution in [0.15, 0.2) is 24.3 Å². The van der Waals surface area contributed by atoms with E-state index in [0.29, 0.717) is 11.4 Å². The SMILES string of the molecule is CC(C)Oc1ccccc1N(CCC(=O)N1CCCCCC1)S(C)(=O)=O. The summed E-state index contributed by atoms with van der Waals surface area (Å²) in [5.41, 5.74) is 0.479. The van der Waals surface area contributed by atoms with Gasteiger partial charge in [0.25, 0.3) is 0 Å². The zero-order chi connectivity index (χ0) is 19.2. The quantitative estimate of drug-likeness (QED) is 0.727. The van der Waals surface area contributed by atoms with Gasteiger partial charge in [-0.05, 0) is 38.8 Å². The molecule has 1 aromatic carbocycles. The van der Waals surface area contributed by atoms with Gasteiger partial charge in [-0.15, -0.1) is 0 Å². The summed E-state index contributed by atoms with van der Waals surface area (Å²) in [6.07, 6.45) is 5.60. The Morgan fingerprint density at radius 1 is 1.15 bits per heavy atom. The first-order valence-corrected chi connectivity index (χ1v) is 11.1. The lowest BCUT2D eigenvalue weighted by molar-refractivity contribution is -0.130. The van der Waals surface area contributed by atoms with Crippen LogP contribution in [-0.2, 0) is 14.8 Å². The molecule has 7 heteroatoms. The second-order valence-corrected chi connectivity index (χ2v) is 8.92. The van der Waals surface area contributed by atoms with Gasteiger partial charge in [-0.3, -0.25) is 9.10 Å². The number of rotatable bonds is 7. The fraction of sp³-hybridized carbons (Fsp3) is 0.632. The standard InChI is InChI=1S/C19H30N2O4S/c1-16(2)25-18-11-7-6-10-17(18)21(26(3,23)24)15-12-19(22)20-13-8-4-5-9-14-20/h6-7,10-11,16H,4-5,8-9,12-15H2,1-3H3. The Bertz CT molecular complexity index is 695. The van der Waals surface area contributed by atoms with Gasteiger partial charge >= 0.3 is 0 Å². The maximum atomic E-state index is 12.5.